The molecule has 1 aliphatic heterocycles. The minimum Gasteiger partial charge on any atom is -0.454 e. The van der Waals surface area contributed by atoms with Crippen molar-refractivity contribution in [1.82, 2.24) is 14.9 Å². The monoisotopic (exact) mass is 377 g/mol. The number of sulfonamides is 1. The number of hydrogen-bond acceptors (Lipinski definition) is 6. The molecule has 0 saturated heterocycles. The van der Waals surface area contributed by atoms with E-state index < -0.39 is 10.0 Å². The van der Waals surface area contributed by atoms with Crippen LogP contribution in [0.1, 0.15) is 11.3 Å². The Kier molecular flexibility index (Phi) is 3.98. The Morgan fingerprint density at radius 3 is 2.84 bits per heavy atom. The summed E-state index contributed by atoms with van der Waals surface area (Å²) in [5.74, 6) is 1.30. The number of aromatic amines is 1. The fourth-order valence-electron chi connectivity index (χ4n) is 2.45. The Morgan fingerprint density at radius 1 is 1.20 bits per heavy atom. The van der Waals surface area contributed by atoms with Gasteiger partial charge in [0.05, 0.1) is 4.88 Å². The van der Waals surface area contributed by atoms with Gasteiger partial charge in [-0.05, 0) is 42.8 Å². The van der Waals surface area contributed by atoms with Gasteiger partial charge in [0, 0.05) is 12.2 Å². The molecule has 3 aromatic rings. The number of thiophene rings is 1. The highest BCUT2D eigenvalue weighted by Crippen LogP contribution is 2.33. The van der Waals surface area contributed by atoms with Gasteiger partial charge in [-0.2, -0.15) is 5.10 Å². The Morgan fingerprint density at radius 2 is 2.04 bits per heavy atom. The molecule has 130 valence electrons. The molecule has 2 N–H and O–H groups in total. The van der Waals surface area contributed by atoms with Crippen molar-refractivity contribution in [2.75, 3.05) is 6.79 Å². The van der Waals surface area contributed by atoms with Crippen LogP contribution in [0.4, 0.5) is 0 Å². The molecular formula is C16H15N3O4S2. The van der Waals surface area contributed by atoms with Crippen molar-refractivity contribution in [3.8, 4) is 22.1 Å². The zero-order chi connectivity index (χ0) is 17.4. The Balaban J connectivity index is 1.49. The number of aryl methyl sites for hydroxylation is 1. The van der Waals surface area contributed by atoms with Crippen LogP contribution in [0.2, 0.25) is 0 Å². The summed E-state index contributed by atoms with van der Waals surface area (Å²) in [4.78, 5) is 0.799. The highest BCUT2D eigenvalue weighted by Gasteiger charge is 2.19. The number of rotatable bonds is 5. The first kappa shape index (κ1) is 16.1. The largest absolute Gasteiger partial charge is 0.454 e. The number of hydrogen-bond donors (Lipinski definition) is 2. The van der Waals surface area contributed by atoms with Crippen molar-refractivity contribution in [2.45, 2.75) is 17.7 Å². The van der Waals surface area contributed by atoms with Gasteiger partial charge in [-0.25, -0.2) is 13.1 Å². The summed E-state index contributed by atoms with van der Waals surface area (Å²) in [5, 5.41) is 7.00. The van der Waals surface area contributed by atoms with Crippen molar-refractivity contribution in [2.24, 2.45) is 0 Å². The predicted molar refractivity (Wildman–Crippen MR) is 93.2 cm³/mol. The van der Waals surface area contributed by atoms with Crippen LogP contribution >= 0.6 is 11.3 Å². The Labute approximate surface area is 148 Å². The number of nitrogens with one attached hydrogen (secondary N) is 2. The van der Waals surface area contributed by atoms with Gasteiger partial charge in [-0.1, -0.05) is 6.07 Å². The lowest BCUT2D eigenvalue weighted by Gasteiger charge is -2.06. The van der Waals surface area contributed by atoms with Crippen molar-refractivity contribution < 1.29 is 17.9 Å². The van der Waals surface area contributed by atoms with Gasteiger partial charge >= 0.3 is 0 Å². The first-order valence-electron chi connectivity index (χ1n) is 7.52. The highest BCUT2D eigenvalue weighted by molar-refractivity contribution is 7.91. The van der Waals surface area contributed by atoms with Crippen LogP contribution in [-0.2, 0) is 16.6 Å². The average molecular weight is 377 g/mol. The number of fused-ring (bicyclic) bond motifs is 1. The van der Waals surface area contributed by atoms with Crippen LogP contribution in [0.5, 0.6) is 11.5 Å². The summed E-state index contributed by atoms with van der Waals surface area (Å²) >= 11 is 1.18. The second-order valence-corrected chi connectivity index (χ2v) is 8.64. The van der Waals surface area contributed by atoms with Gasteiger partial charge in [0.1, 0.15) is 9.90 Å². The lowest BCUT2D eigenvalue weighted by atomic mass is 10.2. The van der Waals surface area contributed by atoms with Crippen LogP contribution in [0.3, 0.4) is 0 Å². The second kappa shape index (κ2) is 6.17. The molecule has 4 rings (SSSR count). The van der Waals surface area contributed by atoms with Crippen LogP contribution in [0.25, 0.3) is 10.6 Å². The molecule has 1 aromatic carbocycles. The van der Waals surface area contributed by atoms with E-state index in [4.69, 9.17) is 9.47 Å². The quantitative estimate of drug-likeness (QED) is 0.713. The van der Waals surface area contributed by atoms with Gasteiger partial charge in [0.2, 0.25) is 16.8 Å². The van der Waals surface area contributed by atoms with Gasteiger partial charge < -0.3 is 9.47 Å². The molecule has 3 heterocycles. The molecule has 0 bridgehead atoms. The van der Waals surface area contributed by atoms with E-state index in [1.54, 1.807) is 24.3 Å². The normalized spacial score (nSPS) is 13.3. The smallest absolute Gasteiger partial charge is 0.250 e. The molecule has 0 saturated carbocycles. The van der Waals surface area contributed by atoms with Crippen LogP contribution in [-0.4, -0.2) is 25.4 Å². The van der Waals surface area contributed by atoms with Gasteiger partial charge in [-0.15, -0.1) is 11.3 Å². The second-order valence-electron chi connectivity index (χ2n) is 5.57. The van der Waals surface area contributed by atoms with E-state index in [-0.39, 0.29) is 17.5 Å². The van der Waals surface area contributed by atoms with E-state index in [0.29, 0.717) is 11.5 Å². The third-order valence-electron chi connectivity index (χ3n) is 3.71. The first-order valence-corrected chi connectivity index (χ1v) is 9.82. The lowest BCUT2D eigenvalue weighted by Crippen LogP contribution is -2.22. The molecule has 25 heavy (non-hydrogen) atoms. The topological polar surface area (TPSA) is 93.3 Å². The molecule has 2 aromatic heterocycles. The third-order valence-corrected chi connectivity index (χ3v) is 6.71. The predicted octanol–water partition coefficient (Wildman–Crippen LogP) is 2.65. The zero-order valence-electron chi connectivity index (χ0n) is 13.3. The minimum atomic E-state index is -3.59. The molecule has 0 unspecified atom stereocenters. The first-order chi connectivity index (χ1) is 12.0. The Hall–Kier alpha value is -2.36. The molecule has 0 aliphatic carbocycles. The standard InChI is InChI=1S/C16H15N3O4S2/c1-10-6-12(19-18-10)15-4-5-16(24-15)25(20,21)17-8-11-2-3-13-14(7-11)23-9-22-13/h2-7,17H,8-9H2,1H3,(H,18,19). The molecule has 1 aliphatic rings. The van der Waals surface area contributed by atoms with E-state index in [0.717, 1.165) is 21.8 Å². The molecule has 0 atom stereocenters. The van der Waals surface area contributed by atoms with E-state index in [9.17, 15) is 8.42 Å². The molecule has 0 radical (unpaired) electrons. The van der Waals surface area contributed by atoms with Crippen molar-refractivity contribution in [3.63, 3.8) is 0 Å². The summed E-state index contributed by atoms with van der Waals surface area (Å²) in [6.07, 6.45) is 0. The van der Waals surface area contributed by atoms with Crippen molar-refractivity contribution >= 4 is 21.4 Å². The Bertz CT molecular complexity index is 1020. The highest BCUT2D eigenvalue weighted by atomic mass is 32.2. The number of ether oxygens (including phenoxy) is 2. The van der Waals surface area contributed by atoms with Crippen LogP contribution < -0.4 is 14.2 Å². The van der Waals surface area contributed by atoms with Gasteiger partial charge in [-0.3, -0.25) is 5.10 Å². The van der Waals surface area contributed by atoms with E-state index in [1.165, 1.54) is 11.3 Å². The summed E-state index contributed by atoms with van der Waals surface area (Å²) in [5.41, 5.74) is 2.46. The number of nitrogens with zero attached hydrogens (tertiary/aromatic N) is 1. The summed E-state index contributed by atoms with van der Waals surface area (Å²) in [7, 11) is -3.59. The fraction of sp³-hybridized carbons (Fsp3) is 0.188. The zero-order valence-corrected chi connectivity index (χ0v) is 14.9. The van der Waals surface area contributed by atoms with Crippen LogP contribution in [0.15, 0.2) is 40.6 Å². The fourth-order valence-corrected chi connectivity index (χ4v) is 4.78. The number of benzene rings is 1. The lowest BCUT2D eigenvalue weighted by molar-refractivity contribution is 0.174. The number of H-pyrrole nitrogens is 1. The number of aromatic nitrogens is 2. The maximum Gasteiger partial charge on any atom is 0.250 e. The molecule has 9 heteroatoms. The molecule has 0 amide bonds. The summed E-state index contributed by atoms with van der Waals surface area (Å²) in [6.45, 7) is 2.26. The molecule has 0 spiro atoms. The summed E-state index contributed by atoms with van der Waals surface area (Å²) < 4.78 is 38.4. The van der Waals surface area contributed by atoms with Crippen molar-refractivity contribution in [3.05, 3.63) is 47.7 Å². The van der Waals surface area contributed by atoms with E-state index in [1.807, 2.05) is 19.1 Å². The van der Waals surface area contributed by atoms with Crippen LogP contribution in [0, 0.1) is 6.92 Å². The molecular weight excluding hydrogens is 362 g/mol. The molecule has 0 fully saturated rings. The average Bonchev–Trinajstić information content (AvgIpc) is 3.32. The van der Waals surface area contributed by atoms with Gasteiger partial charge in [0.15, 0.2) is 11.5 Å². The third kappa shape index (κ3) is 3.26. The maximum absolute atomic E-state index is 12.5. The van der Waals surface area contributed by atoms with E-state index >= 15 is 0 Å². The SMILES string of the molecule is Cc1cc(-c2ccc(S(=O)(=O)NCc3ccc4c(c3)OCO4)s2)n[nH]1. The maximum atomic E-state index is 12.5. The van der Waals surface area contributed by atoms with E-state index in [2.05, 4.69) is 14.9 Å². The minimum absolute atomic E-state index is 0.174. The molecule has 7 nitrogen and oxygen atoms in total. The van der Waals surface area contributed by atoms with Gasteiger partial charge in [0.25, 0.3) is 0 Å². The summed E-state index contributed by atoms with van der Waals surface area (Å²) in [6, 6.07) is 10.6. The van der Waals surface area contributed by atoms with Crippen molar-refractivity contribution in [1.29, 1.82) is 0 Å².